The molecule has 172 valence electrons. The normalized spacial score (nSPS) is 17.1. The van der Waals surface area contributed by atoms with E-state index >= 15 is 0 Å². The van der Waals surface area contributed by atoms with Crippen molar-refractivity contribution >= 4 is 15.9 Å². The van der Waals surface area contributed by atoms with Gasteiger partial charge in [-0.3, -0.25) is 9.69 Å². The molecule has 1 amide bonds. The predicted molar refractivity (Wildman–Crippen MR) is 120 cm³/mol. The van der Waals surface area contributed by atoms with E-state index in [-0.39, 0.29) is 17.3 Å². The molecule has 0 atom stereocenters. The van der Waals surface area contributed by atoms with Crippen LogP contribution in [0.15, 0.2) is 47.4 Å². The van der Waals surface area contributed by atoms with E-state index in [1.165, 1.54) is 23.3 Å². The van der Waals surface area contributed by atoms with E-state index in [0.717, 1.165) is 26.1 Å². The van der Waals surface area contributed by atoms with E-state index in [9.17, 15) is 13.2 Å². The van der Waals surface area contributed by atoms with Crippen molar-refractivity contribution in [3.05, 3.63) is 53.6 Å². The van der Waals surface area contributed by atoms with Crippen molar-refractivity contribution in [3.63, 3.8) is 0 Å². The molecule has 1 N–H and O–H groups in total. The third kappa shape index (κ3) is 5.40. The topological polar surface area (TPSA) is 88.2 Å². The van der Waals surface area contributed by atoms with Gasteiger partial charge in [0.1, 0.15) is 0 Å². The molecule has 4 rings (SSSR count). The summed E-state index contributed by atoms with van der Waals surface area (Å²) in [7, 11) is -3.84. The smallest absolute Gasteiger partial charge is 0.241 e. The number of sulfonamides is 1. The van der Waals surface area contributed by atoms with Crippen LogP contribution in [0, 0.1) is 6.92 Å². The Kier molecular flexibility index (Phi) is 6.98. The Bertz CT molecular complexity index is 1070. The van der Waals surface area contributed by atoms with Crippen LogP contribution in [-0.4, -0.2) is 70.1 Å². The number of carbonyl (C=O) groups excluding carboxylic acids is 1. The molecule has 2 aliphatic heterocycles. The Hall–Kier alpha value is -2.62. The van der Waals surface area contributed by atoms with E-state index in [0.29, 0.717) is 37.8 Å². The molecule has 0 unspecified atom stereocenters. The molecular weight excluding hydrogens is 430 g/mol. The van der Waals surface area contributed by atoms with Crippen molar-refractivity contribution in [1.29, 1.82) is 0 Å². The third-order valence-corrected chi connectivity index (χ3v) is 7.22. The van der Waals surface area contributed by atoms with Gasteiger partial charge in [-0.1, -0.05) is 24.3 Å². The zero-order valence-corrected chi connectivity index (χ0v) is 19.1. The quantitative estimate of drug-likeness (QED) is 0.709. The molecule has 2 aliphatic rings. The largest absolute Gasteiger partial charge is 0.490 e. The van der Waals surface area contributed by atoms with Crippen molar-refractivity contribution in [2.75, 3.05) is 45.9 Å². The van der Waals surface area contributed by atoms with Gasteiger partial charge < -0.3 is 14.4 Å². The molecule has 0 radical (unpaired) electrons. The lowest BCUT2D eigenvalue weighted by atomic mass is 10.1. The minimum atomic E-state index is -3.84. The fraction of sp³-hybridized carbons (Fsp3) is 0.435. The molecule has 1 fully saturated rings. The molecule has 32 heavy (non-hydrogen) atoms. The molecule has 0 aromatic heterocycles. The minimum absolute atomic E-state index is 0.0533. The highest BCUT2D eigenvalue weighted by Gasteiger charge is 2.24. The summed E-state index contributed by atoms with van der Waals surface area (Å²) in [5.74, 6) is 0.709. The molecule has 0 saturated carbocycles. The Morgan fingerprint density at radius 2 is 1.72 bits per heavy atom. The third-order valence-electron chi connectivity index (χ3n) is 5.82. The van der Waals surface area contributed by atoms with Crippen LogP contribution in [0.1, 0.15) is 17.5 Å². The van der Waals surface area contributed by atoms with Gasteiger partial charge in [0.05, 0.1) is 24.7 Å². The summed E-state index contributed by atoms with van der Waals surface area (Å²) in [5, 5.41) is 0. The van der Waals surface area contributed by atoms with Crippen molar-refractivity contribution < 1.29 is 22.7 Å². The molecule has 2 aromatic carbocycles. The number of nitrogens with one attached hydrogen (secondary N) is 1. The molecule has 2 heterocycles. The second-order valence-corrected chi connectivity index (χ2v) is 9.83. The number of piperazine rings is 1. The fourth-order valence-electron chi connectivity index (χ4n) is 3.85. The second kappa shape index (κ2) is 9.89. The summed E-state index contributed by atoms with van der Waals surface area (Å²) in [4.78, 5) is 16.7. The van der Waals surface area contributed by atoms with Crippen LogP contribution < -0.4 is 14.2 Å². The SMILES string of the molecule is Cc1ccccc1CN1CCN(C(=O)CNS(=O)(=O)c2ccc3c(c2)OCCCO3)CC1. The number of fused-ring (bicyclic) bond motifs is 1. The van der Waals surface area contributed by atoms with Gasteiger partial charge in [-0.2, -0.15) is 0 Å². The highest BCUT2D eigenvalue weighted by atomic mass is 32.2. The lowest BCUT2D eigenvalue weighted by Crippen LogP contribution is -2.50. The molecule has 0 aliphatic carbocycles. The lowest BCUT2D eigenvalue weighted by Gasteiger charge is -2.35. The van der Waals surface area contributed by atoms with E-state index in [1.54, 1.807) is 11.0 Å². The van der Waals surface area contributed by atoms with Gasteiger partial charge in [0.2, 0.25) is 15.9 Å². The van der Waals surface area contributed by atoms with Crippen molar-refractivity contribution in [2.24, 2.45) is 0 Å². The minimum Gasteiger partial charge on any atom is -0.490 e. The van der Waals surface area contributed by atoms with Gasteiger partial charge in [-0.25, -0.2) is 13.1 Å². The number of hydrogen-bond acceptors (Lipinski definition) is 6. The number of hydrogen-bond donors (Lipinski definition) is 1. The highest BCUT2D eigenvalue weighted by molar-refractivity contribution is 7.89. The average molecular weight is 460 g/mol. The molecule has 1 saturated heterocycles. The molecular formula is C23H29N3O5S. The van der Waals surface area contributed by atoms with Crippen LogP contribution in [-0.2, 0) is 21.4 Å². The molecule has 9 heteroatoms. The number of amides is 1. The number of aryl methyl sites for hydroxylation is 1. The standard InChI is InChI=1S/C23H29N3O5S/c1-18-5-2-3-6-19(18)17-25-9-11-26(12-10-25)23(27)16-24-32(28,29)20-7-8-21-22(15-20)31-14-4-13-30-21/h2-3,5-8,15,24H,4,9-14,16-17H2,1H3. The van der Waals surface area contributed by atoms with Crippen LogP contribution in [0.25, 0.3) is 0 Å². The molecule has 0 spiro atoms. The molecule has 2 aromatic rings. The lowest BCUT2D eigenvalue weighted by molar-refractivity contribution is -0.131. The Morgan fingerprint density at radius 1 is 1.00 bits per heavy atom. The fourth-order valence-corrected chi connectivity index (χ4v) is 4.84. The number of carbonyl (C=O) groups is 1. The first-order chi connectivity index (χ1) is 15.4. The zero-order valence-electron chi connectivity index (χ0n) is 18.2. The number of nitrogens with zero attached hydrogens (tertiary/aromatic N) is 2. The molecule has 0 bridgehead atoms. The van der Waals surface area contributed by atoms with Crippen molar-refractivity contribution in [1.82, 2.24) is 14.5 Å². The Morgan fingerprint density at radius 3 is 2.47 bits per heavy atom. The molecule has 8 nitrogen and oxygen atoms in total. The first-order valence-electron chi connectivity index (χ1n) is 10.9. The van der Waals surface area contributed by atoms with Crippen LogP contribution in [0.4, 0.5) is 0 Å². The summed E-state index contributed by atoms with van der Waals surface area (Å²) in [6.45, 7) is 6.36. The van der Waals surface area contributed by atoms with Gasteiger partial charge in [-0.15, -0.1) is 0 Å². The maximum absolute atomic E-state index is 12.7. The van der Waals surface area contributed by atoms with E-state index in [1.807, 2.05) is 12.1 Å². The summed E-state index contributed by atoms with van der Waals surface area (Å²) >= 11 is 0. The van der Waals surface area contributed by atoms with Gasteiger partial charge >= 0.3 is 0 Å². The monoisotopic (exact) mass is 459 g/mol. The Balaban J connectivity index is 1.29. The first-order valence-corrected chi connectivity index (χ1v) is 12.3. The maximum atomic E-state index is 12.7. The van der Waals surface area contributed by atoms with E-state index < -0.39 is 10.0 Å². The number of ether oxygens (including phenoxy) is 2. The van der Waals surface area contributed by atoms with E-state index in [2.05, 4.69) is 28.7 Å². The number of rotatable bonds is 6. The van der Waals surface area contributed by atoms with Crippen LogP contribution in [0.3, 0.4) is 0 Å². The van der Waals surface area contributed by atoms with Crippen LogP contribution in [0.2, 0.25) is 0 Å². The zero-order chi connectivity index (χ0) is 22.6. The van der Waals surface area contributed by atoms with E-state index in [4.69, 9.17) is 9.47 Å². The van der Waals surface area contributed by atoms with Crippen LogP contribution in [0.5, 0.6) is 11.5 Å². The van der Waals surface area contributed by atoms with Gasteiger partial charge in [0.15, 0.2) is 11.5 Å². The second-order valence-electron chi connectivity index (χ2n) is 8.07. The van der Waals surface area contributed by atoms with Gasteiger partial charge in [0, 0.05) is 45.2 Å². The number of benzene rings is 2. The maximum Gasteiger partial charge on any atom is 0.241 e. The first kappa shape index (κ1) is 22.6. The van der Waals surface area contributed by atoms with Crippen LogP contribution >= 0.6 is 0 Å². The average Bonchev–Trinajstić information content (AvgIpc) is 3.04. The Labute approximate surface area is 189 Å². The summed E-state index contributed by atoms with van der Waals surface area (Å²) < 4.78 is 38.9. The van der Waals surface area contributed by atoms with Crippen molar-refractivity contribution in [3.8, 4) is 11.5 Å². The highest BCUT2D eigenvalue weighted by Crippen LogP contribution is 2.31. The van der Waals surface area contributed by atoms with Crippen molar-refractivity contribution in [2.45, 2.75) is 24.8 Å². The summed E-state index contributed by atoms with van der Waals surface area (Å²) in [6.07, 6.45) is 0.738. The predicted octanol–water partition coefficient (Wildman–Crippen LogP) is 1.78. The summed E-state index contributed by atoms with van der Waals surface area (Å²) in [5.41, 5.74) is 2.55. The summed E-state index contributed by atoms with van der Waals surface area (Å²) in [6, 6.07) is 12.8. The van der Waals surface area contributed by atoms with Gasteiger partial charge in [0.25, 0.3) is 0 Å². The van der Waals surface area contributed by atoms with Gasteiger partial charge in [-0.05, 0) is 30.2 Å².